The van der Waals surface area contributed by atoms with Crippen LogP contribution in [0.25, 0.3) is 11.5 Å². The fourth-order valence-electron chi connectivity index (χ4n) is 2.52. The van der Waals surface area contributed by atoms with Gasteiger partial charge in [0.2, 0.25) is 0 Å². The SMILES string of the molecule is Cc1nc(Cc2noc(-c3ccc4c(c3)CNC4)n2)cs1. The van der Waals surface area contributed by atoms with Crippen LogP contribution in [-0.4, -0.2) is 15.1 Å². The Bertz CT molecular complexity index is 793. The summed E-state index contributed by atoms with van der Waals surface area (Å²) in [5, 5.41) is 10.5. The molecule has 0 unspecified atom stereocenters. The van der Waals surface area contributed by atoms with Crippen LogP contribution in [0.1, 0.15) is 27.7 Å². The summed E-state index contributed by atoms with van der Waals surface area (Å²) in [5.41, 5.74) is 4.62. The van der Waals surface area contributed by atoms with Crippen LogP contribution in [0.4, 0.5) is 0 Å². The topological polar surface area (TPSA) is 63.8 Å². The number of benzene rings is 1. The molecule has 0 radical (unpaired) electrons. The minimum Gasteiger partial charge on any atom is -0.334 e. The monoisotopic (exact) mass is 298 g/mol. The molecule has 0 bridgehead atoms. The number of rotatable bonds is 3. The lowest BCUT2D eigenvalue weighted by molar-refractivity contribution is 0.423. The molecule has 2 aromatic heterocycles. The maximum atomic E-state index is 5.38. The van der Waals surface area contributed by atoms with Crippen molar-refractivity contribution in [2.75, 3.05) is 0 Å². The number of aromatic nitrogens is 3. The molecule has 5 nitrogen and oxygen atoms in total. The first-order chi connectivity index (χ1) is 10.3. The first kappa shape index (κ1) is 12.7. The van der Waals surface area contributed by atoms with E-state index in [1.54, 1.807) is 11.3 Å². The lowest BCUT2D eigenvalue weighted by atomic mass is 10.1. The molecule has 0 spiro atoms. The van der Waals surface area contributed by atoms with Gasteiger partial charge in [0, 0.05) is 24.0 Å². The highest BCUT2D eigenvalue weighted by Crippen LogP contribution is 2.24. The summed E-state index contributed by atoms with van der Waals surface area (Å²) < 4.78 is 5.38. The summed E-state index contributed by atoms with van der Waals surface area (Å²) in [6, 6.07) is 6.29. The molecule has 4 rings (SSSR count). The van der Waals surface area contributed by atoms with E-state index in [0.717, 1.165) is 29.4 Å². The van der Waals surface area contributed by atoms with E-state index in [1.807, 2.05) is 18.4 Å². The molecule has 1 aliphatic heterocycles. The predicted molar refractivity (Wildman–Crippen MR) is 79.9 cm³/mol. The summed E-state index contributed by atoms with van der Waals surface area (Å²) in [5.74, 6) is 1.25. The highest BCUT2D eigenvalue weighted by Gasteiger charge is 2.15. The zero-order chi connectivity index (χ0) is 14.2. The van der Waals surface area contributed by atoms with Crippen LogP contribution in [0, 0.1) is 6.92 Å². The third-order valence-electron chi connectivity index (χ3n) is 3.56. The molecule has 3 aromatic rings. The second-order valence-corrected chi connectivity index (χ2v) is 6.20. The van der Waals surface area contributed by atoms with Gasteiger partial charge in [-0.2, -0.15) is 4.98 Å². The Labute approximate surface area is 126 Å². The summed E-state index contributed by atoms with van der Waals surface area (Å²) in [4.78, 5) is 8.90. The van der Waals surface area contributed by atoms with Gasteiger partial charge < -0.3 is 9.84 Å². The van der Waals surface area contributed by atoms with Crippen molar-refractivity contribution in [1.29, 1.82) is 0 Å². The van der Waals surface area contributed by atoms with Gasteiger partial charge in [0.05, 0.1) is 17.1 Å². The van der Waals surface area contributed by atoms with Gasteiger partial charge in [0.1, 0.15) is 0 Å². The standard InChI is InChI=1S/C15H14N4OS/c1-9-17-13(8-21-9)5-14-18-15(20-19-14)10-2-3-11-6-16-7-12(11)4-10/h2-4,8,16H,5-7H2,1H3. The molecule has 0 atom stereocenters. The fourth-order valence-corrected chi connectivity index (χ4v) is 3.13. The summed E-state index contributed by atoms with van der Waals surface area (Å²) in [7, 11) is 0. The van der Waals surface area contributed by atoms with Crippen molar-refractivity contribution in [3.05, 3.63) is 51.2 Å². The Morgan fingerprint density at radius 1 is 1.24 bits per heavy atom. The van der Waals surface area contributed by atoms with Crippen LogP contribution in [0.3, 0.4) is 0 Å². The number of fused-ring (bicyclic) bond motifs is 1. The predicted octanol–water partition coefficient (Wildman–Crippen LogP) is 2.70. The third kappa shape index (κ3) is 2.48. The summed E-state index contributed by atoms with van der Waals surface area (Å²) in [6.45, 7) is 3.84. The second-order valence-electron chi connectivity index (χ2n) is 5.14. The molecule has 0 fully saturated rings. The molecule has 106 valence electrons. The maximum Gasteiger partial charge on any atom is 0.257 e. The lowest BCUT2D eigenvalue weighted by Crippen LogP contribution is -1.99. The van der Waals surface area contributed by atoms with Crippen LogP contribution in [0.5, 0.6) is 0 Å². The molecule has 1 aliphatic rings. The largest absolute Gasteiger partial charge is 0.334 e. The molecule has 3 heterocycles. The molecule has 0 saturated heterocycles. The quantitative estimate of drug-likeness (QED) is 0.805. The van der Waals surface area contributed by atoms with E-state index in [4.69, 9.17) is 4.52 Å². The van der Waals surface area contributed by atoms with Crippen LogP contribution in [0.2, 0.25) is 0 Å². The third-order valence-corrected chi connectivity index (χ3v) is 4.38. The molecule has 1 aromatic carbocycles. The molecule has 21 heavy (non-hydrogen) atoms. The van der Waals surface area contributed by atoms with Crippen LogP contribution in [0.15, 0.2) is 28.1 Å². The summed E-state index contributed by atoms with van der Waals surface area (Å²) in [6.07, 6.45) is 0.611. The number of nitrogens with zero attached hydrogens (tertiary/aromatic N) is 3. The van der Waals surface area contributed by atoms with Crippen LogP contribution in [-0.2, 0) is 19.5 Å². The van der Waals surface area contributed by atoms with Gasteiger partial charge in [-0.05, 0) is 30.2 Å². The minimum atomic E-state index is 0.576. The fraction of sp³-hybridized carbons (Fsp3) is 0.267. The van der Waals surface area contributed by atoms with Crippen molar-refractivity contribution in [1.82, 2.24) is 20.4 Å². The van der Waals surface area contributed by atoms with Gasteiger partial charge in [0.15, 0.2) is 5.82 Å². The average Bonchev–Trinajstić information content (AvgIpc) is 3.19. The molecule has 6 heteroatoms. The van der Waals surface area contributed by atoms with Crippen molar-refractivity contribution >= 4 is 11.3 Å². The van der Waals surface area contributed by atoms with E-state index < -0.39 is 0 Å². The molecule has 0 saturated carbocycles. The van der Waals surface area contributed by atoms with E-state index in [-0.39, 0.29) is 0 Å². The van der Waals surface area contributed by atoms with Crippen molar-refractivity contribution in [3.63, 3.8) is 0 Å². The Morgan fingerprint density at radius 2 is 2.14 bits per heavy atom. The van der Waals surface area contributed by atoms with Crippen molar-refractivity contribution in [3.8, 4) is 11.5 Å². The molecular formula is C15H14N4OS. The van der Waals surface area contributed by atoms with Gasteiger partial charge in [-0.1, -0.05) is 11.2 Å². The normalized spacial score (nSPS) is 13.6. The number of aryl methyl sites for hydroxylation is 1. The zero-order valence-electron chi connectivity index (χ0n) is 11.6. The van der Waals surface area contributed by atoms with E-state index in [1.165, 1.54) is 11.1 Å². The smallest absolute Gasteiger partial charge is 0.257 e. The number of nitrogens with one attached hydrogen (secondary N) is 1. The Kier molecular flexibility index (Phi) is 3.05. The molecule has 0 aliphatic carbocycles. The molecule has 0 amide bonds. The Balaban J connectivity index is 1.59. The van der Waals surface area contributed by atoms with Crippen LogP contribution >= 0.6 is 11.3 Å². The Hall–Kier alpha value is -2.05. The minimum absolute atomic E-state index is 0.576. The Morgan fingerprint density at radius 3 is 3.00 bits per heavy atom. The second kappa shape index (κ2) is 5.05. The van der Waals surface area contributed by atoms with Gasteiger partial charge in [0.25, 0.3) is 5.89 Å². The van der Waals surface area contributed by atoms with E-state index in [9.17, 15) is 0 Å². The van der Waals surface area contributed by atoms with E-state index in [0.29, 0.717) is 18.1 Å². The number of hydrogen-bond donors (Lipinski definition) is 1. The van der Waals surface area contributed by atoms with Gasteiger partial charge >= 0.3 is 0 Å². The van der Waals surface area contributed by atoms with Gasteiger partial charge in [-0.3, -0.25) is 0 Å². The van der Waals surface area contributed by atoms with Crippen molar-refractivity contribution in [2.24, 2.45) is 0 Å². The zero-order valence-corrected chi connectivity index (χ0v) is 12.4. The average molecular weight is 298 g/mol. The molecule has 1 N–H and O–H groups in total. The number of thiazole rings is 1. The maximum absolute atomic E-state index is 5.38. The van der Waals surface area contributed by atoms with Gasteiger partial charge in [-0.25, -0.2) is 4.98 Å². The van der Waals surface area contributed by atoms with E-state index in [2.05, 4.69) is 32.6 Å². The highest BCUT2D eigenvalue weighted by atomic mass is 32.1. The highest BCUT2D eigenvalue weighted by molar-refractivity contribution is 7.09. The van der Waals surface area contributed by atoms with Gasteiger partial charge in [-0.15, -0.1) is 11.3 Å². The first-order valence-corrected chi connectivity index (χ1v) is 7.72. The summed E-state index contributed by atoms with van der Waals surface area (Å²) >= 11 is 1.64. The van der Waals surface area contributed by atoms with Crippen molar-refractivity contribution < 1.29 is 4.52 Å². The lowest BCUT2D eigenvalue weighted by Gasteiger charge is -1.99. The first-order valence-electron chi connectivity index (χ1n) is 6.84. The van der Waals surface area contributed by atoms with Crippen molar-refractivity contribution in [2.45, 2.75) is 26.4 Å². The molecular weight excluding hydrogens is 284 g/mol. The van der Waals surface area contributed by atoms with Crippen LogP contribution < -0.4 is 5.32 Å². The van der Waals surface area contributed by atoms with E-state index >= 15 is 0 Å². The number of hydrogen-bond acceptors (Lipinski definition) is 6.